The maximum atomic E-state index is 9.41. The number of benzene rings is 1. The molecular weight excluding hydrogens is 382 g/mol. The largest absolute Gasteiger partial charge is 0.439 e. The molecule has 0 bridgehead atoms. The number of nitrogens with zero attached hydrogens (tertiary/aromatic N) is 5. The topological polar surface area (TPSA) is 171 Å². The smallest absolute Gasteiger partial charge is 0.219 e. The fourth-order valence-electron chi connectivity index (χ4n) is 3.10. The Bertz CT molecular complexity index is 1230. The molecule has 0 radical (unpaired) electrons. The van der Waals surface area contributed by atoms with Crippen molar-refractivity contribution in [1.82, 2.24) is 15.3 Å². The van der Waals surface area contributed by atoms with Crippen LogP contribution in [-0.2, 0) is 0 Å². The minimum atomic E-state index is -0.649. The number of aliphatic imine (C=N–C) groups is 1. The number of fused-ring (bicyclic) bond motifs is 1. The molecule has 1 aliphatic rings. The van der Waals surface area contributed by atoms with E-state index in [1.54, 1.807) is 36.5 Å². The molecule has 6 N–H and O–H groups in total. The molecule has 30 heavy (non-hydrogen) atoms. The van der Waals surface area contributed by atoms with Crippen molar-refractivity contribution in [2.75, 3.05) is 16.8 Å². The number of aromatic nitrogens is 2. The van der Waals surface area contributed by atoms with Crippen LogP contribution in [0.2, 0.25) is 0 Å². The van der Waals surface area contributed by atoms with Crippen molar-refractivity contribution in [2.45, 2.75) is 6.04 Å². The summed E-state index contributed by atoms with van der Waals surface area (Å²) < 4.78 is 5.80. The normalized spacial score (nSPS) is 14.3. The lowest BCUT2D eigenvalue weighted by Crippen LogP contribution is -2.32. The van der Waals surface area contributed by atoms with Crippen molar-refractivity contribution in [1.29, 1.82) is 10.5 Å². The molecule has 0 spiro atoms. The first-order chi connectivity index (χ1) is 14.6. The Balaban J connectivity index is 1.81. The number of nitrogens with two attached hydrogens (primary N) is 2. The molecule has 0 aliphatic carbocycles. The first-order valence-corrected chi connectivity index (χ1v) is 8.78. The van der Waals surface area contributed by atoms with E-state index in [0.29, 0.717) is 28.6 Å². The van der Waals surface area contributed by atoms with Crippen LogP contribution in [0.25, 0.3) is 0 Å². The number of rotatable bonds is 3. The number of hydrogen-bond acceptors (Lipinski definition) is 10. The molecule has 3 heterocycles. The number of guanidine groups is 1. The van der Waals surface area contributed by atoms with Crippen LogP contribution in [0.1, 0.15) is 22.7 Å². The molecule has 10 nitrogen and oxygen atoms in total. The highest BCUT2D eigenvalue weighted by atomic mass is 16.5. The van der Waals surface area contributed by atoms with Crippen molar-refractivity contribution in [3.8, 4) is 23.9 Å². The standard InChI is InChI=1S/C20H15N9O/c21-9-13-16(23)15-17(27-20(26-10-22)29-19(15)28-18(13)24)11-4-3-5-12(8-11)30-14-6-1-2-7-25-14/h1-8,17H,(H6,23,24,26,27,28,29). The Hall–Kier alpha value is -4.83. The van der Waals surface area contributed by atoms with Crippen LogP contribution in [-0.4, -0.2) is 15.9 Å². The number of nitriles is 2. The third-order valence-electron chi connectivity index (χ3n) is 4.39. The molecule has 1 unspecified atom stereocenters. The SMILES string of the molecule is N#CNC1=NC(c2cccc(Oc3ccccn3)c2)c2c(nc(N)c(C#N)c2N)N1. The zero-order chi connectivity index (χ0) is 21.1. The molecule has 0 amide bonds. The van der Waals surface area contributed by atoms with E-state index >= 15 is 0 Å². The van der Waals surface area contributed by atoms with Gasteiger partial charge in [-0.25, -0.2) is 15.0 Å². The summed E-state index contributed by atoms with van der Waals surface area (Å²) in [5, 5.41) is 23.8. The maximum Gasteiger partial charge on any atom is 0.219 e. The van der Waals surface area contributed by atoms with E-state index in [4.69, 9.17) is 21.5 Å². The van der Waals surface area contributed by atoms with E-state index in [0.717, 1.165) is 0 Å². The van der Waals surface area contributed by atoms with Gasteiger partial charge in [0.05, 0.1) is 5.69 Å². The molecule has 2 aromatic heterocycles. The van der Waals surface area contributed by atoms with Crippen molar-refractivity contribution >= 4 is 23.3 Å². The van der Waals surface area contributed by atoms with E-state index in [1.165, 1.54) is 0 Å². The number of anilines is 3. The Kier molecular flexibility index (Phi) is 4.73. The Morgan fingerprint density at radius 3 is 2.73 bits per heavy atom. The summed E-state index contributed by atoms with van der Waals surface area (Å²) >= 11 is 0. The summed E-state index contributed by atoms with van der Waals surface area (Å²) in [5.41, 5.74) is 13.6. The van der Waals surface area contributed by atoms with E-state index in [-0.39, 0.29) is 23.0 Å². The Labute approximate surface area is 171 Å². The lowest BCUT2D eigenvalue weighted by atomic mass is 9.95. The molecule has 1 aromatic carbocycles. The summed E-state index contributed by atoms with van der Waals surface area (Å²) in [6, 6.07) is 13.9. The molecule has 4 rings (SSSR count). The quantitative estimate of drug-likeness (QED) is 0.382. The van der Waals surface area contributed by atoms with Crippen molar-refractivity contribution in [3.63, 3.8) is 0 Å². The van der Waals surface area contributed by atoms with Gasteiger partial charge in [0, 0.05) is 17.8 Å². The van der Waals surface area contributed by atoms with Crippen LogP contribution in [0.15, 0.2) is 53.7 Å². The van der Waals surface area contributed by atoms with Crippen LogP contribution >= 0.6 is 0 Å². The van der Waals surface area contributed by atoms with Crippen LogP contribution in [0.4, 0.5) is 17.3 Å². The van der Waals surface area contributed by atoms with Gasteiger partial charge in [-0.2, -0.15) is 10.5 Å². The van der Waals surface area contributed by atoms with Gasteiger partial charge in [0.25, 0.3) is 0 Å². The number of hydrogen-bond donors (Lipinski definition) is 4. The molecule has 0 saturated carbocycles. The lowest BCUT2D eigenvalue weighted by Gasteiger charge is -2.26. The monoisotopic (exact) mass is 397 g/mol. The minimum Gasteiger partial charge on any atom is -0.439 e. The fourth-order valence-corrected chi connectivity index (χ4v) is 3.10. The van der Waals surface area contributed by atoms with Crippen LogP contribution in [0.3, 0.4) is 0 Å². The van der Waals surface area contributed by atoms with E-state index in [9.17, 15) is 5.26 Å². The highest BCUT2D eigenvalue weighted by molar-refractivity contribution is 5.98. The predicted molar refractivity (Wildman–Crippen MR) is 110 cm³/mol. The van der Waals surface area contributed by atoms with Crippen molar-refractivity contribution in [3.05, 3.63) is 65.4 Å². The van der Waals surface area contributed by atoms with Gasteiger partial charge in [-0.05, 0) is 23.8 Å². The second kappa shape index (κ2) is 7.66. The van der Waals surface area contributed by atoms with Gasteiger partial charge >= 0.3 is 0 Å². The average Bonchev–Trinajstić information content (AvgIpc) is 2.74. The fraction of sp³-hybridized carbons (Fsp3) is 0.0500. The Morgan fingerprint density at radius 1 is 1.13 bits per heavy atom. The number of ether oxygens (including phenoxy) is 1. The summed E-state index contributed by atoms with van der Waals surface area (Å²) in [6.07, 6.45) is 3.45. The van der Waals surface area contributed by atoms with Crippen LogP contribution < -0.4 is 26.8 Å². The highest BCUT2D eigenvalue weighted by Crippen LogP contribution is 2.41. The molecule has 146 valence electrons. The van der Waals surface area contributed by atoms with Gasteiger partial charge in [0.2, 0.25) is 11.8 Å². The number of nitrogen functional groups attached to an aromatic ring is 2. The molecule has 0 fully saturated rings. The second-order valence-corrected chi connectivity index (χ2v) is 6.24. The lowest BCUT2D eigenvalue weighted by molar-refractivity contribution is 0.462. The van der Waals surface area contributed by atoms with E-state index < -0.39 is 6.04 Å². The zero-order valence-electron chi connectivity index (χ0n) is 15.5. The van der Waals surface area contributed by atoms with Gasteiger partial charge in [0.1, 0.15) is 35.1 Å². The van der Waals surface area contributed by atoms with Crippen LogP contribution in [0, 0.1) is 22.8 Å². The zero-order valence-corrected chi connectivity index (χ0v) is 15.5. The molecule has 0 saturated heterocycles. The molecular formula is C20H15N9O. The molecule has 1 atom stereocenters. The average molecular weight is 397 g/mol. The van der Waals surface area contributed by atoms with E-state index in [2.05, 4.69) is 25.6 Å². The molecule has 3 aromatic rings. The van der Waals surface area contributed by atoms with Gasteiger partial charge < -0.3 is 21.5 Å². The van der Waals surface area contributed by atoms with E-state index in [1.807, 2.05) is 24.4 Å². The second-order valence-electron chi connectivity index (χ2n) is 6.24. The third-order valence-corrected chi connectivity index (χ3v) is 4.39. The van der Waals surface area contributed by atoms with Gasteiger partial charge in [-0.15, -0.1) is 0 Å². The molecule has 1 aliphatic heterocycles. The summed E-state index contributed by atoms with van der Waals surface area (Å²) in [7, 11) is 0. The highest BCUT2D eigenvalue weighted by Gasteiger charge is 2.29. The maximum absolute atomic E-state index is 9.41. The summed E-state index contributed by atoms with van der Waals surface area (Å²) in [6.45, 7) is 0. The van der Waals surface area contributed by atoms with Gasteiger partial charge in [-0.3, -0.25) is 5.32 Å². The Morgan fingerprint density at radius 2 is 2.00 bits per heavy atom. The van der Waals surface area contributed by atoms with Gasteiger partial charge in [-0.1, -0.05) is 18.2 Å². The van der Waals surface area contributed by atoms with Crippen LogP contribution in [0.5, 0.6) is 11.6 Å². The molecule has 10 heteroatoms. The summed E-state index contributed by atoms with van der Waals surface area (Å²) in [4.78, 5) is 12.9. The summed E-state index contributed by atoms with van der Waals surface area (Å²) in [5.74, 6) is 1.47. The van der Waals surface area contributed by atoms with Gasteiger partial charge in [0.15, 0.2) is 6.19 Å². The van der Waals surface area contributed by atoms with Crippen molar-refractivity contribution in [2.24, 2.45) is 4.99 Å². The first kappa shape index (κ1) is 18.5. The third kappa shape index (κ3) is 3.37. The predicted octanol–water partition coefficient (Wildman–Crippen LogP) is 2.25. The van der Waals surface area contributed by atoms with Crippen molar-refractivity contribution < 1.29 is 4.74 Å². The number of nitrogens with one attached hydrogen (secondary N) is 2. The minimum absolute atomic E-state index is 0.00885. The number of pyridine rings is 2. The first-order valence-electron chi connectivity index (χ1n) is 8.78.